The quantitative estimate of drug-likeness (QED) is 0.578. The molecule has 0 aliphatic heterocycles. The van der Waals surface area contributed by atoms with Crippen molar-refractivity contribution < 1.29 is 14.6 Å². The first-order valence-corrected chi connectivity index (χ1v) is 4.72. The number of aryl methyl sites for hydroxylation is 1. The Morgan fingerprint density at radius 3 is 2.87 bits per heavy atom. The standard InChI is InChI=1S/C11H15NO3/c1-7-3-4-9(12)5-10(7)11(14)15-6-8(2)13/h3-5,8,13H,6,12H2,1-2H3. The summed E-state index contributed by atoms with van der Waals surface area (Å²) in [5.74, 6) is -0.458. The van der Waals surface area contributed by atoms with Gasteiger partial charge < -0.3 is 15.6 Å². The van der Waals surface area contributed by atoms with E-state index < -0.39 is 12.1 Å². The van der Waals surface area contributed by atoms with Crippen LogP contribution in [0.5, 0.6) is 0 Å². The minimum Gasteiger partial charge on any atom is -0.459 e. The summed E-state index contributed by atoms with van der Waals surface area (Å²) in [7, 11) is 0. The number of nitrogens with two attached hydrogens (primary N) is 1. The Morgan fingerprint density at radius 1 is 1.60 bits per heavy atom. The number of aliphatic hydroxyl groups is 1. The van der Waals surface area contributed by atoms with Crippen molar-refractivity contribution in [3.8, 4) is 0 Å². The zero-order valence-corrected chi connectivity index (χ0v) is 8.86. The van der Waals surface area contributed by atoms with E-state index in [0.717, 1.165) is 5.56 Å². The van der Waals surface area contributed by atoms with Crippen molar-refractivity contribution in [3.05, 3.63) is 29.3 Å². The number of carbonyl (C=O) groups excluding carboxylic acids is 1. The SMILES string of the molecule is Cc1ccc(N)cc1C(=O)OCC(C)O. The predicted molar refractivity (Wildman–Crippen MR) is 57.6 cm³/mol. The Morgan fingerprint density at radius 2 is 2.27 bits per heavy atom. The Balaban J connectivity index is 2.77. The summed E-state index contributed by atoms with van der Waals surface area (Å²) in [4.78, 5) is 11.5. The molecular weight excluding hydrogens is 194 g/mol. The highest BCUT2D eigenvalue weighted by Crippen LogP contribution is 2.13. The van der Waals surface area contributed by atoms with Crippen molar-refractivity contribution in [1.29, 1.82) is 0 Å². The van der Waals surface area contributed by atoms with Crippen molar-refractivity contribution in [2.24, 2.45) is 0 Å². The molecule has 1 unspecified atom stereocenters. The van der Waals surface area contributed by atoms with Crippen LogP contribution in [0.2, 0.25) is 0 Å². The fraction of sp³-hybridized carbons (Fsp3) is 0.364. The Kier molecular flexibility index (Phi) is 3.68. The van der Waals surface area contributed by atoms with E-state index in [1.807, 2.05) is 0 Å². The topological polar surface area (TPSA) is 72.6 Å². The summed E-state index contributed by atoms with van der Waals surface area (Å²) in [6.45, 7) is 3.35. The van der Waals surface area contributed by atoms with Crippen molar-refractivity contribution in [1.82, 2.24) is 0 Å². The summed E-state index contributed by atoms with van der Waals surface area (Å²) in [5.41, 5.74) is 7.33. The van der Waals surface area contributed by atoms with Crippen LogP contribution in [0.1, 0.15) is 22.8 Å². The van der Waals surface area contributed by atoms with E-state index in [2.05, 4.69) is 0 Å². The average molecular weight is 209 g/mol. The van der Waals surface area contributed by atoms with E-state index in [0.29, 0.717) is 11.3 Å². The fourth-order valence-electron chi connectivity index (χ4n) is 1.13. The van der Waals surface area contributed by atoms with E-state index in [4.69, 9.17) is 15.6 Å². The van der Waals surface area contributed by atoms with Crippen molar-refractivity contribution >= 4 is 11.7 Å². The molecule has 0 amide bonds. The number of nitrogen functional groups attached to an aromatic ring is 1. The van der Waals surface area contributed by atoms with E-state index >= 15 is 0 Å². The molecule has 0 aliphatic carbocycles. The maximum atomic E-state index is 11.5. The molecule has 0 aromatic heterocycles. The molecule has 1 aromatic rings. The zero-order valence-electron chi connectivity index (χ0n) is 8.86. The van der Waals surface area contributed by atoms with Gasteiger partial charge in [0.25, 0.3) is 0 Å². The van der Waals surface area contributed by atoms with Crippen LogP contribution < -0.4 is 5.73 Å². The van der Waals surface area contributed by atoms with Crippen LogP contribution in [0.25, 0.3) is 0 Å². The minimum atomic E-state index is -0.657. The molecule has 82 valence electrons. The maximum Gasteiger partial charge on any atom is 0.338 e. The number of anilines is 1. The Labute approximate surface area is 88.7 Å². The van der Waals surface area contributed by atoms with Crippen LogP contribution >= 0.6 is 0 Å². The summed E-state index contributed by atoms with van der Waals surface area (Å²) in [5, 5.41) is 8.97. The van der Waals surface area contributed by atoms with E-state index in [1.165, 1.54) is 0 Å². The van der Waals surface area contributed by atoms with E-state index in [1.54, 1.807) is 32.0 Å². The van der Waals surface area contributed by atoms with Crippen LogP contribution in [0, 0.1) is 6.92 Å². The number of carbonyl (C=O) groups is 1. The molecule has 0 bridgehead atoms. The third-order valence-corrected chi connectivity index (χ3v) is 1.94. The number of esters is 1. The molecular formula is C11H15NO3. The van der Waals surface area contributed by atoms with Gasteiger partial charge in [0.15, 0.2) is 0 Å². The Hall–Kier alpha value is -1.55. The number of aliphatic hydroxyl groups excluding tert-OH is 1. The lowest BCUT2D eigenvalue weighted by Gasteiger charge is -2.09. The van der Waals surface area contributed by atoms with Crippen LogP contribution in [-0.4, -0.2) is 23.8 Å². The predicted octanol–water partition coefficient (Wildman–Crippen LogP) is 1.11. The second-order valence-corrected chi connectivity index (χ2v) is 3.52. The summed E-state index contributed by atoms with van der Waals surface area (Å²) >= 11 is 0. The normalized spacial score (nSPS) is 12.2. The van der Waals surface area contributed by atoms with Crippen LogP contribution in [0.15, 0.2) is 18.2 Å². The molecule has 3 N–H and O–H groups in total. The molecule has 1 rings (SSSR count). The van der Waals surface area contributed by atoms with Gasteiger partial charge in [-0.2, -0.15) is 0 Å². The first kappa shape index (κ1) is 11.5. The van der Waals surface area contributed by atoms with E-state index in [-0.39, 0.29) is 6.61 Å². The highest BCUT2D eigenvalue weighted by molar-refractivity contribution is 5.92. The third-order valence-electron chi connectivity index (χ3n) is 1.94. The number of ether oxygens (including phenoxy) is 1. The molecule has 0 radical (unpaired) electrons. The van der Waals surface area contributed by atoms with Crippen LogP contribution in [0.4, 0.5) is 5.69 Å². The van der Waals surface area contributed by atoms with Gasteiger partial charge >= 0.3 is 5.97 Å². The van der Waals surface area contributed by atoms with Gasteiger partial charge in [-0.1, -0.05) is 6.07 Å². The second-order valence-electron chi connectivity index (χ2n) is 3.52. The van der Waals surface area contributed by atoms with Gasteiger partial charge in [-0.15, -0.1) is 0 Å². The molecule has 0 saturated heterocycles. The summed E-state index contributed by atoms with van der Waals surface area (Å²) in [6.07, 6.45) is -0.657. The Bertz CT molecular complexity index is 361. The smallest absolute Gasteiger partial charge is 0.338 e. The fourth-order valence-corrected chi connectivity index (χ4v) is 1.13. The minimum absolute atomic E-state index is 0.00687. The lowest BCUT2D eigenvalue weighted by Crippen LogP contribution is -2.16. The first-order chi connectivity index (χ1) is 7.00. The molecule has 15 heavy (non-hydrogen) atoms. The molecule has 1 atom stereocenters. The average Bonchev–Trinajstić information content (AvgIpc) is 2.18. The third kappa shape index (κ3) is 3.25. The summed E-state index contributed by atoms with van der Waals surface area (Å²) < 4.78 is 4.88. The molecule has 0 aliphatic rings. The van der Waals surface area contributed by atoms with Gasteiger partial charge in [-0.3, -0.25) is 0 Å². The van der Waals surface area contributed by atoms with E-state index in [9.17, 15) is 4.79 Å². The van der Waals surface area contributed by atoms with Gasteiger partial charge in [-0.25, -0.2) is 4.79 Å². The molecule has 0 heterocycles. The van der Waals surface area contributed by atoms with Gasteiger partial charge in [0.1, 0.15) is 6.61 Å². The monoisotopic (exact) mass is 209 g/mol. The molecule has 4 heteroatoms. The first-order valence-electron chi connectivity index (χ1n) is 4.72. The van der Waals surface area contributed by atoms with Crippen molar-refractivity contribution in [2.45, 2.75) is 20.0 Å². The number of benzene rings is 1. The number of rotatable bonds is 3. The lowest BCUT2D eigenvalue weighted by atomic mass is 10.1. The largest absolute Gasteiger partial charge is 0.459 e. The maximum absolute atomic E-state index is 11.5. The lowest BCUT2D eigenvalue weighted by molar-refractivity contribution is 0.0295. The molecule has 0 saturated carbocycles. The van der Waals surface area contributed by atoms with Crippen molar-refractivity contribution in [3.63, 3.8) is 0 Å². The molecule has 1 aromatic carbocycles. The number of hydrogen-bond donors (Lipinski definition) is 2. The zero-order chi connectivity index (χ0) is 11.4. The highest BCUT2D eigenvalue weighted by atomic mass is 16.5. The van der Waals surface area contributed by atoms with Gasteiger partial charge in [0, 0.05) is 5.69 Å². The van der Waals surface area contributed by atoms with Crippen molar-refractivity contribution in [2.75, 3.05) is 12.3 Å². The second kappa shape index (κ2) is 4.79. The van der Waals surface area contributed by atoms with Crippen LogP contribution in [-0.2, 0) is 4.74 Å². The molecule has 0 fully saturated rings. The molecule has 0 spiro atoms. The molecule has 4 nitrogen and oxygen atoms in total. The highest BCUT2D eigenvalue weighted by Gasteiger charge is 2.11. The van der Waals surface area contributed by atoms with Gasteiger partial charge in [-0.05, 0) is 31.5 Å². The van der Waals surface area contributed by atoms with Gasteiger partial charge in [0.2, 0.25) is 0 Å². The summed E-state index contributed by atoms with van der Waals surface area (Å²) in [6, 6.07) is 5.05. The number of hydrogen-bond acceptors (Lipinski definition) is 4. The van der Waals surface area contributed by atoms with Crippen LogP contribution in [0.3, 0.4) is 0 Å². The van der Waals surface area contributed by atoms with Gasteiger partial charge in [0.05, 0.1) is 11.7 Å².